The number of aromatic nitrogens is 3. The highest BCUT2D eigenvalue weighted by atomic mass is 16.6. The predicted octanol–water partition coefficient (Wildman–Crippen LogP) is 4.27. The van der Waals surface area contributed by atoms with E-state index in [9.17, 15) is 10.2 Å². The van der Waals surface area contributed by atoms with Crippen molar-refractivity contribution in [2.24, 2.45) is 0 Å². The highest BCUT2D eigenvalue weighted by Gasteiger charge is 2.52. The van der Waals surface area contributed by atoms with Crippen LogP contribution in [0.15, 0.2) is 109 Å². The van der Waals surface area contributed by atoms with E-state index >= 15 is 0 Å². The van der Waals surface area contributed by atoms with Crippen LogP contribution in [0.4, 0.5) is 5.82 Å². The molecule has 0 radical (unpaired) electrons. The fourth-order valence-electron chi connectivity index (χ4n) is 5.14. The number of aliphatic hydroxyl groups excluding tert-OH is 2. The number of anilines is 1. The van der Waals surface area contributed by atoms with Gasteiger partial charge in [-0.05, 0) is 35.7 Å². The lowest BCUT2D eigenvalue weighted by Crippen LogP contribution is -2.57. The van der Waals surface area contributed by atoms with Crippen LogP contribution in [0, 0.1) is 0 Å². The number of hydrogen-bond acceptors (Lipinski definition) is 8. The van der Waals surface area contributed by atoms with E-state index in [4.69, 9.17) is 19.9 Å². The molecule has 1 unspecified atom stereocenters. The molecule has 2 aromatic heterocycles. The van der Waals surface area contributed by atoms with Gasteiger partial charge in [0.2, 0.25) is 0 Å². The lowest BCUT2D eigenvalue weighted by Gasteiger charge is -2.44. The highest BCUT2D eigenvalue weighted by Crippen LogP contribution is 2.39. The van der Waals surface area contributed by atoms with Gasteiger partial charge in [-0.3, -0.25) is 0 Å². The van der Waals surface area contributed by atoms with Gasteiger partial charge in [-0.15, -0.1) is 0 Å². The summed E-state index contributed by atoms with van der Waals surface area (Å²) in [5.41, 5.74) is 8.31. The molecule has 0 spiro atoms. The van der Waals surface area contributed by atoms with Crippen molar-refractivity contribution in [1.82, 2.24) is 14.6 Å². The third-order valence-corrected chi connectivity index (χ3v) is 7.27. The molecule has 0 aliphatic carbocycles. The van der Waals surface area contributed by atoms with Crippen LogP contribution in [-0.2, 0) is 39.6 Å². The summed E-state index contributed by atoms with van der Waals surface area (Å²) in [7, 11) is 0. The van der Waals surface area contributed by atoms with Crippen molar-refractivity contribution in [3.05, 3.63) is 132 Å². The van der Waals surface area contributed by atoms with Crippen LogP contribution < -0.4 is 5.73 Å². The van der Waals surface area contributed by atoms with Crippen molar-refractivity contribution in [2.75, 3.05) is 12.3 Å². The first-order chi connectivity index (χ1) is 20.5. The van der Waals surface area contributed by atoms with Crippen molar-refractivity contribution < 1.29 is 24.4 Å². The quantitative estimate of drug-likeness (QED) is 0.182. The molecule has 2 heterocycles. The summed E-state index contributed by atoms with van der Waals surface area (Å²) in [6.07, 6.45) is -2.12. The second-order valence-electron chi connectivity index (χ2n) is 10.2. The SMILES string of the molecule is CC(O)[C@](OCc1ccccc1)(c1ccc2c(N)ncnn12)[C@H](OCc1ccccc1)[C@H](O)COCc1ccccc1. The molecule has 0 aliphatic rings. The molecule has 4 atom stereocenters. The van der Waals surface area contributed by atoms with Gasteiger partial charge in [-0.25, -0.2) is 9.50 Å². The second kappa shape index (κ2) is 13.7. The number of benzene rings is 3. The van der Waals surface area contributed by atoms with Crippen LogP contribution in [-0.4, -0.2) is 49.7 Å². The standard InChI is InChI=1S/C33H36N4O5/c1-24(38)33(42-21-27-15-9-4-10-16-27,30-18-17-28-32(34)35-23-36-37(28)30)31(41-20-26-13-7-3-8-14-26)29(39)22-40-19-25-11-5-2-6-12-25/h2-18,23-24,29,31,38-39H,19-22H2,1H3,(H2,34,35,36)/t24?,29-,31-,33+/m1/s1. The van der Waals surface area contributed by atoms with Crippen LogP contribution in [0.3, 0.4) is 0 Å². The summed E-state index contributed by atoms with van der Waals surface area (Å²) >= 11 is 0. The summed E-state index contributed by atoms with van der Waals surface area (Å²) in [5, 5.41) is 27.8. The molecular weight excluding hydrogens is 532 g/mol. The largest absolute Gasteiger partial charge is 0.390 e. The first-order valence-corrected chi connectivity index (χ1v) is 13.9. The Kier molecular flexibility index (Phi) is 9.58. The Hall–Kier alpha value is -4.12. The second-order valence-corrected chi connectivity index (χ2v) is 10.2. The van der Waals surface area contributed by atoms with Gasteiger partial charge in [0.25, 0.3) is 0 Å². The zero-order chi connectivity index (χ0) is 29.4. The summed E-state index contributed by atoms with van der Waals surface area (Å²) < 4.78 is 20.7. The minimum absolute atomic E-state index is 0.0715. The lowest BCUT2D eigenvalue weighted by atomic mass is 9.83. The van der Waals surface area contributed by atoms with E-state index in [-0.39, 0.29) is 25.6 Å². The summed E-state index contributed by atoms with van der Waals surface area (Å²) in [6, 6.07) is 32.5. The molecule has 0 saturated heterocycles. The number of nitrogens with zero attached hydrogens (tertiary/aromatic N) is 3. The average Bonchev–Trinajstić information content (AvgIpc) is 3.46. The van der Waals surface area contributed by atoms with Crippen LogP contribution in [0.1, 0.15) is 29.3 Å². The third-order valence-electron chi connectivity index (χ3n) is 7.27. The molecule has 4 N–H and O–H groups in total. The maximum Gasteiger partial charge on any atom is 0.164 e. The number of nitrogen functional groups attached to an aromatic ring is 1. The molecule has 0 saturated carbocycles. The number of fused-ring (bicyclic) bond motifs is 1. The Morgan fingerprint density at radius 2 is 1.36 bits per heavy atom. The molecule has 0 bridgehead atoms. The van der Waals surface area contributed by atoms with Crippen molar-refractivity contribution in [3.8, 4) is 0 Å². The summed E-state index contributed by atoms with van der Waals surface area (Å²) in [6.45, 7) is 2.13. The molecule has 42 heavy (non-hydrogen) atoms. The summed E-state index contributed by atoms with van der Waals surface area (Å²) in [5.74, 6) is 0.271. The van der Waals surface area contributed by atoms with Gasteiger partial charge >= 0.3 is 0 Å². The Bertz CT molecular complexity index is 1530. The predicted molar refractivity (Wildman–Crippen MR) is 159 cm³/mol. The van der Waals surface area contributed by atoms with Crippen LogP contribution >= 0.6 is 0 Å². The van der Waals surface area contributed by atoms with Crippen LogP contribution in [0.25, 0.3) is 5.52 Å². The molecule has 9 heteroatoms. The smallest absolute Gasteiger partial charge is 0.164 e. The van der Waals surface area contributed by atoms with Gasteiger partial charge in [0, 0.05) is 0 Å². The van der Waals surface area contributed by atoms with Crippen molar-refractivity contribution in [1.29, 1.82) is 0 Å². The number of hydrogen-bond donors (Lipinski definition) is 3. The molecule has 0 aliphatic heterocycles. The number of nitrogens with two attached hydrogens (primary N) is 1. The Balaban J connectivity index is 1.56. The van der Waals surface area contributed by atoms with E-state index < -0.39 is 23.9 Å². The number of ether oxygens (including phenoxy) is 3. The molecular formula is C33H36N4O5. The van der Waals surface area contributed by atoms with E-state index in [1.54, 1.807) is 23.6 Å². The molecule has 0 fully saturated rings. The van der Waals surface area contributed by atoms with Crippen LogP contribution in [0.5, 0.6) is 0 Å². The molecule has 218 valence electrons. The van der Waals surface area contributed by atoms with Gasteiger partial charge in [-0.2, -0.15) is 5.10 Å². The van der Waals surface area contributed by atoms with Crippen molar-refractivity contribution >= 4 is 11.3 Å². The van der Waals surface area contributed by atoms with E-state index in [1.165, 1.54) is 6.33 Å². The van der Waals surface area contributed by atoms with E-state index in [0.29, 0.717) is 17.8 Å². The maximum atomic E-state index is 11.8. The van der Waals surface area contributed by atoms with Gasteiger partial charge in [0.1, 0.15) is 24.1 Å². The maximum absolute atomic E-state index is 11.8. The zero-order valence-electron chi connectivity index (χ0n) is 23.5. The first kappa shape index (κ1) is 29.4. The van der Waals surface area contributed by atoms with Gasteiger partial charge < -0.3 is 30.2 Å². The fourth-order valence-corrected chi connectivity index (χ4v) is 5.14. The van der Waals surface area contributed by atoms with Gasteiger partial charge in [0.05, 0.1) is 38.2 Å². The average molecular weight is 569 g/mol. The number of aliphatic hydroxyl groups is 2. The topological polar surface area (TPSA) is 124 Å². The molecule has 3 aromatic carbocycles. The molecule has 9 nitrogen and oxygen atoms in total. The fraction of sp³-hybridized carbons (Fsp3) is 0.273. The van der Waals surface area contributed by atoms with Gasteiger partial charge in [0.15, 0.2) is 11.4 Å². The minimum Gasteiger partial charge on any atom is -0.390 e. The normalized spacial score (nSPS) is 15.2. The van der Waals surface area contributed by atoms with E-state index in [2.05, 4.69) is 10.1 Å². The highest BCUT2D eigenvalue weighted by molar-refractivity contribution is 5.65. The molecule has 0 amide bonds. The monoisotopic (exact) mass is 568 g/mol. The van der Waals surface area contributed by atoms with Crippen molar-refractivity contribution in [2.45, 2.75) is 50.7 Å². The van der Waals surface area contributed by atoms with E-state index in [1.807, 2.05) is 91.0 Å². The summed E-state index contributed by atoms with van der Waals surface area (Å²) in [4.78, 5) is 4.11. The zero-order valence-corrected chi connectivity index (χ0v) is 23.5. The third kappa shape index (κ3) is 6.51. The van der Waals surface area contributed by atoms with Crippen molar-refractivity contribution in [3.63, 3.8) is 0 Å². The van der Waals surface area contributed by atoms with E-state index in [0.717, 1.165) is 16.7 Å². The minimum atomic E-state index is -1.60. The van der Waals surface area contributed by atoms with Gasteiger partial charge in [-0.1, -0.05) is 91.0 Å². The molecule has 5 rings (SSSR count). The Morgan fingerprint density at radius 3 is 1.95 bits per heavy atom. The number of rotatable bonds is 14. The Labute approximate surface area is 245 Å². The lowest BCUT2D eigenvalue weighted by molar-refractivity contribution is -0.241. The molecule has 5 aromatic rings. The Morgan fingerprint density at radius 1 is 0.786 bits per heavy atom. The first-order valence-electron chi connectivity index (χ1n) is 13.9. The van der Waals surface area contributed by atoms with Crippen LogP contribution in [0.2, 0.25) is 0 Å².